The van der Waals surface area contributed by atoms with Crippen LogP contribution < -0.4 is 9.21 Å². The van der Waals surface area contributed by atoms with Gasteiger partial charge in [-0.1, -0.05) is 41.4 Å². The van der Waals surface area contributed by atoms with Crippen LogP contribution >= 0.6 is 11.6 Å². The molecule has 1 amide bonds. The average Bonchev–Trinajstić information content (AvgIpc) is 2.87. The Hall–Kier alpha value is -3.24. The van der Waals surface area contributed by atoms with Crippen LogP contribution in [0.15, 0.2) is 77.7 Å². The third-order valence-corrected chi connectivity index (χ3v) is 8.18. The highest BCUT2D eigenvalue weighted by Gasteiger charge is 2.32. The molecule has 3 aromatic carbocycles. The number of benzene rings is 3. The molecule has 0 aliphatic carbocycles. The van der Waals surface area contributed by atoms with E-state index in [9.17, 15) is 26.4 Å². The number of rotatable bonds is 6. The number of hydrogen-bond donors (Lipinski definition) is 0. The zero-order valence-corrected chi connectivity index (χ0v) is 21.5. The summed E-state index contributed by atoms with van der Waals surface area (Å²) in [6.07, 6.45) is -4.44. The van der Waals surface area contributed by atoms with Gasteiger partial charge in [0.2, 0.25) is 5.91 Å². The molecule has 0 unspecified atom stereocenters. The highest BCUT2D eigenvalue weighted by molar-refractivity contribution is 7.92. The monoisotopic (exact) mass is 551 g/mol. The summed E-state index contributed by atoms with van der Waals surface area (Å²) in [7, 11) is -4.08. The van der Waals surface area contributed by atoms with E-state index >= 15 is 0 Å². The van der Waals surface area contributed by atoms with Gasteiger partial charge in [-0.3, -0.25) is 9.10 Å². The van der Waals surface area contributed by atoms with Crippen molar-refractivity contribution in [3.8, 4) is 0 Å². The van der Waals surface area contributed by atoms with Crippen LogP contribution in [-0.2, 0) is 21.0 Å². The van der Waals surface area contributed by atoms with Crippen molar-refractivity contribution >= 4 is 38.9 Å². The largest absolute Gasteiger partial charge is 0.416 e. The van der Waals surface area contributed by atoms with E-state index in [-0.39, 0.29) is 23.7 Å². The number of aryl methyl sites for hydroxylation is 1. The number of hydrogen-bond acceptors (Lipinski definition) is 4. The third-order valence-electron chi connectivity index (χ3n) is 6.16. The Morgan fingerprint density at radius 3 is 2.22 bits per heavy atom. The fourth-order valence-corrected chi connectivity index (χ4v) is 5.69. The van der Waals surface area contributed by atoms with Crippen molar-refractivity contribution in [2.24, 2.45) is 0 Å². The van der Waals surface area contributed by atoms with Crippen LogP contribution in [0.4, 0.5) is 24.5 Å². The molecule has 0 spiro atoms. The molecule has 3 aromatic rings. The first-order valence-corrected chi connectivity index (χ1v) is 13.3. The second kappa shape index (κ2) is 10.6. The molecule has 0 radical (unpaired) electrons. The van der Waals surface area contributed by atoms with Gasteiger partial charge in [0.05, 0.1) is 16.1 Å². The van der Waals surface area contributed by atoms with Crippen molar-refractivity contribution < 1.29 is 26.4 Å². The first kappa shape index (κ1) is 26.8. The van der Waals surface area contributed by atoms with E-state index < -0.39 is 34.2 Å². The van der Waals surface area contributed by atoms with Gasteiger partial charge < -0.3 is 9.80 Å². The van der Waals surface area contributed by atoms with E-state index in [0.717, 1.165) is 22.0 Å². The van der Waals surface area contributed by atoms with Crippen LogP contribution in [0.5, 0.6) is 0 Å². The minimum absolute atomic E-state index is 0.0419. The van der Waals surface area contributed by atoms with Gasteiger partial charge in [0.25, 0.3) is 10.0 Å². The summed E-state index contributed by atoms with van der Waals surface area (Å²) < 4.78 is 67.4. The second-order valence-electron chi connectivity index (χ2n) is 8.72. The molecule has 0 atom stereocenters. The topological polar surface area (TPSA) is 60.9 Å². The molecule has 6 nitrogen and oxygen atoms in total. The smallest absolute Gasteiger partial charge is 0.368 e. The van der Waals surface area contributed by atoms with Crippen molar-refractivity contribution in [1.82, 2.24) is 4.90 Å². The maximum absolute atomic E-state index is 13.5. The van der Waals surface area contributed by atoms with E-state index in [4.69, 9.17) is 11.6 Å². The molecule has 37 heavy (non-hydrogen) atoms. The lowest BCUT2D eigenvalue weighted by atomic mass is 10.1. The van der Waals surface area contributed by atoms with Crippen molar-refractivity contribution in [3.63, 3.8) is 0 Å². The minimum atomic E-state index is -4.44. The maximum atomic E-state index is 13.5. The number of carbonyl (C=O) groups excluding carboxylic acids is 1. The van der Waals surface area contributed by atoms with Gasteiger partial charge >= 0.3 is 6.18 Å². The third kappa shape index (κ3) is 6.19. The number of halogens is 4. The summed E-state index contributed by atoms with van der Waals surface area (Å²) in [6.45, 7) is 2.50. The van der Waals surface area contributed by atoms with Crippen LogP contribution in [0.3, 0.4) is 0 Å². The van der Waals surface area contributed by atoms with E-state index in [1.165, 1.54) is 29.2 Å². The predicted octanol–water partition coefficient (Wildman–Crippen LogP) is 5.21. The maximum Gasteiger partial charge on any atom is 0.416 e. The molecular formula is C26H25ClF3N3O3S. The molecule has 196 valence electrons. The Morgan fingerprint density at radius 2 is 1.59 bits per heavy atom. The van der Waals surface area contributed by atoms with Crippen LogP contribution in [0.2, 0.25) is 5.02 Å². The Morgan fingerprint density at radius 1 is 0.946 bits per heavy atom. The summed E-state index contributed by atoms with van der Waals surface area (Å²) in [5.74, 6) is -0.417. The Kier molecular flexibility index (Phi) is 7.70. The van der Waals surface area contributed by atoms with E-state index in [1.54, 1.807) is 41.3 Å². The average molecular weight is 552 g/mol. The van der Waals surface area contributed by atoms with Crippen molar-refractivity contribution in [2.75, 3.05) is 41.9 Å². The molecule has 1 aliphatic rings. The van der Waals surface area contributed by atoms with E-state index in [0.29, 0.717) is 23.8 Å². The van der Waals surface area contributed by atoms with E-state index in [2.05, 4.69) is 0 Å². The van der Waals surface area contributed by atoms with Gasteiger partial charge in [0.15, 0.2) is 0 Å². The fraction of sp³-hybridized carbons (Fsp3) is 0.269. The zero-order valence-electron chi connectivity index (χ0n) is 20.0. The lowest BCUT2D eigenvalue weighted by Gasteiger charge is -2.37. The zero-order chi connectivity index (χ0) is 26.8. The second-order valence-corrected chi connectivity index (χ2v) is 11.0. The number of nitrogens with zero attached hydrogens (tertiary/aromatic N) is 3. The lowest BCUT2D eigenvalue weighted by Crippen LogP contribution is -2.52. The normalized spacial score (nSPS) is 14.5. The van der Waals surface area contributed by atoms with Crippen LogP contribution in [0, 0.1) is 6.92 Å². The molecule has 0 saturated carbocycles. The van der Waals surface area contributed by atoms with Gasteiger partial charge in [-0.05, 0) is 55.5 Å². The first-order chi connectivity index (χ1) is 17.4. The van der Waals surface area contributed by atoms with Gasteiger partial charge in [-0.2, -0.15) is 13.2 Å². The van der Waals surface area contributed by atoms with Crippen molar-refractivity contribution in [2.45, 2.75) is 18.0 Å². The molecule has 0 bridgehead atoms. The summed E-state index contributed by atoms with van der Waals surface area (Å²) in [4.78, 5) is 16.6. The van der Waals surface area contributed by atoms with Gasteiger partial charge in [-0.15, -0.1) is 0 Å². The highest BCUT2D eigenvalue weighted by atomic mass is 35.5. The Bertz CT molecular complexity index is 1370. The van der Waals surface area contributed by atoms with Crippen LogP contribution in [-0.4, -0.2) is 51.9 Å². The molecule has 4 rings (SSSR count). The standard InChI is InChI=1S/C26H25ClF3N3O3S/c1-19-8-10-24(11-9-19)37(35,36)33(23-7-3-5-21(27)17-23)18-25(34)32-14-12-31(13-15-32)22-6-2-4-20(16-22)26(28,29)30/h2-11,16-17H,12-15,18H2,1H3. The molecule has 11 heteroatoms. The molecular weight excluding hydrogens is 527 g/mol. The first-order valence-electron chi connectivity index (χ1n) is 11.5. The lowest BCUT2D eigenvalue weighted by molar-refractivity contribution is -0.137. The molecule has 1 fully saturated rings. The molecule has 1 saturated heterocycles. The Labute approximate surface area is 218 Å². The number of alkyl halides is 3. The molecule has 0 aromatic heterocycles. The molecule has 0 N–H and O–H groups in total. The number of sulfonamides is 1. The van der Waals surface area contributed by atoms with Crippen LogP contribution in [0.25, 0.3) is 0 Å². The van der Waals surface area contributed by atoms with Gasteiger partial charge in [-0.25, -0.2) is 8.42 Å². The summed E-state index contributed by atoms with van der Waals surface area (Å²) >= 11 is 6.11. The SMILES string of the molecule is Cc1ccc(S(=O)(=O)N(CC(=O)N2CCN(c3cccc(C(F)(F)F)c3)CC2)c2cccc(Cl)c2)cc1. The Balaban J connectivity index is 1.51. The molecule has 1 heterocycles. The van der Waals surface area contributed by atoms with Crippen LogP contribution in [0.1, 0.15) is 11.1 Å². The fourth-order valence-electron chi connectivity index (χ4n) is 4.10. The highest BCUT2D eigenvalue weighted by Crippen LogP contribution is 2.32. The van der Waals surface area contributed by atoms with Crippen molar-refractivity contribution in [3.05, 3.63) is 88.9 Å². The van der Waals surface area contributed by atoms with Gasteiger partial charge in [0.1, 0.15) is 6.54 Å². The van der Waals surface area contributed by atoms with Crippen molar-refractivity contribution in [1.29, 1.82) is 0 Å². The summed E-state index contributed by atoms with van der Waals surface area (Å²) in [5.41, 5.74) is 0.832. The molecule has 1 aliphatic heterocycles. The predicted molar refractivity (Wildman–Crippen MR) is 137 cm³/mol. The number of amides is 1. The quantitative estimate of drug-likeness (QED) is 0.422. The van der Waals surface area contributed by atoms with Gasteiger partial charge in [0, 0.05) is 36.9 Å². The number of carbonyl (C=O) groups is 1. The summed E-state index contributed by atoms with van der Waals surface area (Å²) in [5, 5.41) is 0.323. The number of piperazine rings is 1. The minimum Gasteiger partial charge on any atom is -0.368 e. The summed E-state index contributed by atoms with van der Waals surface area (Å²) in [6, 6.07) is 17.6. The number of anilines is 2. The van der Waals surface area contributed by atoms with E-state index in [1.807, 2.05) is 6.92 Å².